The van der Waals surface area contributed by atoms with Gasteiger partial charge in [0, 0.05) is 19.6 Å². The molecule has 2 aliphatic rings. The number of halogens is 1. The van der Waals surface area contributed by atoms with Crippen LogP contribution in [0.2, 0.25) is 0 Å². The molecule has 0 saturated heterocycles. The molecule has 1 nitrogen and oxygen atoms in total. The zero-order chi connectivity index (χ0) is 14.2. The first-order valence-corrected chi connectivity index (χ1v) is 8.50. The van der Waals surface area contributed by atoms with Crippen LogP contribution < -0.4 is 10.4 Å². The van der Waals surface area contributed by atoms with E-state index in [2.05, 4.69) is 71.4 Å². The van der Waals surface area contributed by atoms with Crippen molar-refractivity contribution in [3.8, 4) is 0 Å². The van der Waals surface area contributed by atoms with E-state index < -0.39 is 0 Å². The van der Waals surface area contributed by atoms with Gasteiger partial charge in [-0.05, 0) is 47.7 Å². The highest BCUT2D eigenvalue weighted by atomic mass is 79.9. The minimum atomic E-state index is -0.178. The first-order chi connectivity index (χ1) is 10.1. The van der Waals surface area contributed by atoms with Gasteiger partial charge in [0.2, 0.25) is 0 Å². The van der Waals surface area contributed by atoms with Gasteiger partial charge in [0.25, 0.3) is 0 Å². The summed E-state index contributed by atoms with van der Waals surface area (Å²) in [7, 11) is 0. The standard InChI is InChI=1S/C18H11BrOS/c1-18-8-11-12(9-18)16(6-5-13(11)19)21-15-4-2-3-14-10(15)7-17(18)20-14/h2-9H,1H3. The minimum Gasteiger partial charge on any atom is -0.460 e. The van der Waals surface area contributed by atoms with E-state index in [0.717, 1.165) is 15.8 Å². The van der Waals surface area contributed by atoms with Crippen molar-refractivity contribution in [1.29, 1.82) is 0 Å². The Balaban J connectivity index is 2.01. The minimum absolute atomic E-state index is 0.178. The van der Waals surface area contributed by atoms with Gasteiger partial charge in [0.1, 0.15) is 11.3 Å². The van der Waals surface area contributed by atoms with Crippen LogP contribution in [0.1, 0.15) is 12.7 Å². The largest absolute Gasteiger partial charge is 0.460 e. The quantitative estimate of drug-likeness (QED) is 0.600. The zero-order valence-corrected chi connectivity index (χ0v) is 13.7. The van der Waals surface area contributed by atoms with E-state index in [-0.39, 0.29) is 5.41 Å². The summed E-state index contributed by atoms with van der Waals surface area (Å²) in [5, 5.41) is 3.80. The summed E-state index contributed by atoms with van der Waals surface area (Å²) in [6.45, 7) is 2.22. The predicted molar refractivity (Wildman–Crippen MR) is 90.0 cm³/mol. The maximum Gasteiger partial charge on any atom is 0.135 e. The number of hydrogen-bond acceptors (Lipinski definition) is 2. The summed E-state index contributed by atoms with van der Waals surface area (Å²) in [5.41, 5.74) is 0.794. The van der Waals surface area contributed by atoms with Gasteiger partial charge in [0.15, 0.2) is 0 Å². The van der Waals surface area contributed by atoms with Crippen LogP contribution in [0.5, 0.6) is 0 Å². The molecule has 0 radical (unpaired) electrons. The lowest BCUT2D eigenvalue weighted by Gasteiger charge is -2.15. The maximum atomic E-state index is 6.15. The molecular formula is C18H11BrOS. The summed E-state index contributed by atoms with van der Waals surface area (Å²) in [6, 6.07) is 12.8. The molecule has 102 valence electrons. The van der Waals surface area contributed by atoms with Crippen molar-refractivity contribution in [1.82, 2.24) is 0 Å². The predicted octanol–water partition coefficient (Wildman–Crippen LogP) is 4.19. The fraction of sp³-hybridized carbons (Fsp3) is 0.111. The van der Waals surface area contributed by atoms with Gasteiger partial charge in [-0.3, -0.25) is 0 Å². The van der Waals surface area contributed by atoms with E-state index in [1.165, 1.54) is 25.6 Å². The first kappa shape index (κ1) is 12.1. The molecule has 0 amide bonds. The Hall–Kier alpha value is -1.45. The van der Waals surface area contributed by atoms with Crippen molar-refractivity contribution in [2.75, 3.05) is 0 Å². The van der Waals surface area contributed by atoms with Crippen molar-refractivity contribution in [2.24, 2.45) is 0 Å². The molecule has 21 heavy (non-hydrogen) atoms. The molecule has 1 aliphatic heterocycles. The Morgan fingerprint density at radius 2 is 1.90 bits per heavy atom. The van der Waals surface area contributed by atoms with E-state index in [1.807, 2.05) is 11.8 Å². The maximum absolute atomic E-state index is 6.15. The highest BCUT2D eigenvalue weighted by molar-refractivity contribution is 9.10. The topological polar surface area (TPSA) is 13.1 Å². The molecule has 0 fully saturated rings. The molecule has 2 aromatic carbocycles. The Kier molecular flexibility index (Phi) is 2.22. The van der Waals surface area contributed by atoms with Gasteiger partial charge in [-0.25, -0.2) is 0 Å². The van der Waals surface area contributed by atoms with E-state index >= 15 is 0 Å². The summed E-state index contributed by atoms with van der Waals surface area (Å²) in [6.07, 6.45) is 4.63. The fourth-order valence-electron chi connectivity index (χ4n) is 3.27. The summed E-state index contributed by atoms with van der Waals surface area (Å²) in [4.78, 5) is 2.57. The van der Waals surface area contributed by atoms with Gasteiger partial charge >= 0.3 is 0 Å². The molecule has 1 unspecified atom stereocenters. The summed E-state index contributed by atoms with van der Waals surface area (Å²) >= 11 is 5.50. The van der Waals surface area contributed by atoms with Gasteiger partial charge in [-0.2, -0.15) is 0 Å². The van der Waals surface area contributed by atoms with Crippen molar-refractivity contribution >= 4 is 50.8 Å². The van der Waals surface area contributed by atoms with Crippen LogP contribution in [0.15, 0.2) is 55.1 Å². The highest BCUT2D eigenvalue weighted by Crippen LogP contribution is 2.41. The Labute approximate surface area is 134 Å². The average molecular weight is 355 g/mol. The molecule has 3 aromatic rings. The van der Waals surface area contributed by atoms with E-state index in [0.29, 0.717) is 0 Å². The fourth-order valence-corrected chi connectivity index (χ4v) is 4.79. The summed E-state index contributed by atoms with van der Waals surface area (Å²) < 4.78 is 7.29. The molecule has 0 saturated carbocycles. The molecule has 0 spiro atoms. The van der Waals surface area contributed by atoms with Crippen LogP contribution >= 0.6 is 27.7 Å². The normalized spacial score (nSPS) is 21.6. The van der Waals surface area contributed by atoms with Gasteiger partial charge in [0.05, 0.1) is 5.41 Å². The second kappa shape index (κ2) is 3.84. The first-order valence-electron chi connectivity index (χ1n) is 6.89. The second-order valence-electron chi connectivity index (χ2n) is 5.82. The van der Waals surface area contributed by atoms with E-state index in [9.17, 15) is 0 Å². The lowest BCUT2D eigenvalue weighted by Crippen LogP contribution is -2.24. The number of fused-ring (bicyclic) bond motifs is 3. The number of benzene rings is 2. The summed E-state index contributed by atoms with van der Waals surface area (Å²) in [5.74, 6) is 1.02. The number of rotatable bonds is 0. The van der Waals surface area contributed by atoms with E-state index in [4.69, 9.17) is 4.42 Å². The number of hydrogen-bond donors (Lipinski definition) is 0. The average Bonchev–Trinajstić information content (AvgIpc) is 3.05. The van der Waals surface area contributed by atoms with Crippen LogP contribution in [0, 0.1) is 0 Å². The smallest absolute Gasteiger partial charge is 0.135 e. The van der Waals surface area contributed by atoms with Gasteiger partial charge in [-0.1, -0.05) is 45.9 Å². The molecule has 1 aliphatic carbocycles. The molecule has 1 aromatic heterocycles. The van der Waals surface area contributed by atoms with Crippen LogP contribution in [0.3, 0.4) is 0 Å². The second-order valence-corrected chi connectivity index (χ2v) is 7.76. The van der Waals surface area contributed by atoms with Crippen molar-refractivity contribution < 1.29 is 4.42 Å². The van der Waals surface area contributed by atoms with Gasteiger partial charge < -0.3 is 4.42 Å². The Morgan fingerprint density at radius 3 is 2.81 bits per heavy atom. The van der Waals surface area contributed by atoms with E-state index in [1.54, 1.807) is 0 Å². The van der Waals surface area contributed by atoms with Gasteiger partial charge in [-0.15, -0.1) is 0 Å². The Bertz CT molecular complexity index is 1050. The van der Waals surface area contributed by atoms with Crippen LogP contribution in [-0.2, 0) is 5.41 Å². The van der Waals surface area contributed by atoms with Crippen LogP contribution in [-0.4, -0.2) is 0 Å². The monoisotopic (exact) mass is 354 g/mol. The number of furan rings is 1. The molecule has 1 atom stereocenters. The Morgan fingerprint density at radius 1 is 1.05 bits per heavy atom. The molecular weight excluding hydrogens is 344 g/mol. The van der Waals surface area contributed by atoms with Crippen molar-refractivity contribution in [3.05, 3.63) is 57.1 Å². The lowest BCUT2D eigenvalue weighted by molar-refractivity contribution is 0.515. The van der Waals surface area contributed by atoms with Crippen LogP contribution in [0.4, 0.5) is 0 Å². The molecule has 2 heterocycles. The van der Waals surface area contributed by atoms with Crippen molar-refractivity contribution in [3.63, 3.8) is 0 Å². The molecule has 3 heteroatoms. The lowest BCUT2D eigenvalue weighted by atomic mass is 9.89. The SMILES string of the molecule is CC12C=c3c(Br)ccc(c3=C1)Sc1cccc3oc2cc13. The van der Waals surface area contributed by atoms with Crippen molar-refractivity contribution in [2.45, 2.75) is 22.1 Å². The molecule has 0 N–H and O–H groups in total. The highest BCUT2D eigenvalue weighted by Gasteiger charge is 2.31. The third kappa shape index (κ3) is 1.53. The molecule has 5 rings (SSSR count). The van der Waals surface area contributed by atoms with Crippen LogP contribution in [0.25, 0.3) is 23.1 Å². The third-order valence-corrected chi connectivity index (χ3v) is 6.20. The molecule has 4 bridgehead atoms. The zero-order valence-electron chi connectivity index (χ0n) is 11.3. The third-order valence-electron chi connectivity index (χ3n) is 4.35.